The first-order valence-corrected chi connectivity index (χ1v) is 10.7. The normalized spacial score (nSPS) is 11.5. The molecule has 0 spiro atoms. The third kappa shape index (κ3) is 3.90. The molecule has 0 saturated carbocycles. The lowest BCUT2D eigenvalue weighted by molar-refractivity contribution is 0.0692. The van der Waals surface area contributed by atoms with Gasteiger partial charge < -0.3 is 5.11 Å². The zero-order chi connectivity index (χ0) is 23.0. The number of rotatable bonds is 5. The Bertz CT molecular complexity index is 1490. The highest BCUT2D eigenvalue weighted by Crippen LogP contribution is 2.35. The predicted molar refractivity (Wildman–Crippen MR) is 113 cm³/mol. The molecule has 0 aliphatic heterocycles. The Morgan fingerprint density at radius 1 is 0.781 bits per heavy atom. The lowest BCUT2D eigenvalue weighted by Gasteiger charge is -2.14. The molecule has 0 atom stereocenters. The van der Waals surface area contributed by atoms with Gasteiger partial charge in [-0.2, -0.15) is 0 Å². The first-order valence-electron chi connectivity index (χ1n) is 9.20. The molecule has 0 aliphatic rings. The molecule has 0 aromatic heterocycles. The van der Waals surface area contributed by atoms with Crippen LogP contribution in [0.2, 0.25) is 0 Å². The van der Waals surface area contributed by atoms with Crippen molar-refractivity contribution in [1.82, 2.24) is 0 Å². The standard InChI is InChI=1S/C23H14F3NO4S/c24-13-5-7-17(21(26)11-13)16-8-10-22(18-4-2-1-3-15(16)18)32(30,31)27-14-6-9-20(25)19(12-14)23(28)29/h1-12,27H,(H,28,29). The molecule has 4 rings (SSSR count). The number of benzene rings is 4. The number of nitrogens with one attached hydrogen (secondary N) is 1. The van der Waals surface area contributed by atoms with Crippen LogP contribution >= 0.6 is 0 Å². The molecule has 0 fully saturated rings. The lowest BCUT2D eigenvalue weighted by Crippen LogP contribution is -2.14. The van der Waals surface area contributed by atoms with Crippen LogP contribution in [0.25, 0.3) is 21.9 Å². The van der Waals surface area contributed by atoms with Crippen molar-refractivity contribution in [2.75, 3.05) is 4.72 Å². The van der Waals surface area contributed by atoms with Gasteiger partial charge in [0.2, 0.25) is 0 Å². The maximum Gasteiger partial charge on any atom is 0.338 e. The van der Waals surface area contributed by atoms with E-state index >= 15 is 0 Å². The highest BCUT2D eigenvalue weighted by atomic mass is 32.2. The van der Waals surface area contributed by atoms with E-state index in [-0.39, 0.29) is 21.5 Å². The molecule has 2 N–H and O–H groups in total. The molecular formula is C23H14F3NO4S. The van der Waals surface area contributed by atoms with Gasteiger partial charge in [0.05, 0.1) is 10.5 Å². The van der Waals surface area contributed by atoms with Gasteiger partial charge in [-0.15, -0.1) is 0 Å². The molecule has 0 heterocycles. The van der Waals surface area contributed by atoms with Gasteiger partial charge in [-0.05, 0) is 47.3 Å². The van der Waals surface area contributed by atoms with E-state index in [0.717, 1.165) is 30.3 Å². The van der Waals surface area contributed by atoms with Crippen molar-refractivity contribution in [3.05, 3.63) is 95.8 Å². The molecule has 162 valence electrons. The Morgan fingerprint density at radius 2 is 1.47 bits per heavy atom. The van der Waals surface area contributed by atoms with Crippen LogP contribution in [0.4, 0.5) is 18.9 Å². The molecule has 0 saturated heterocycles. The van der Waals surface area contributed by atoms with Crippen molar-refractivity contribution in [2.45, 2.75) is 4.90 Å². The minimum atomic E-state index is -4.23. The Kier molecular flexibility index (Phi) is 5.35. The van der Waals surface area contributed by atoms with Crippen molar-refractivity contribution in [3.8, 4) is 11.1 Å². The second kappa shape index (κ2) is 8.01. The minimum Gasteiger partial charge on any atom is -0.478 e. The highest BCUT2D eigenvalue weighted by molar-refractivity contribution is 7.93. The first kappa shape index (κ1) is 21.4. The maximum atomic E-state index is 14.4. The molecule has 0 radical (unpaired) electrons. The van der Waals surface area contributed by atoms with Gasteiger partial charge in [0.25, 0.3) is 10.0 Å². The Morgan fingerprint density at radius 3 is 2.16 bits per heavy atom. The Labute approximate surface area is 180 Å². The molecule has 32 heavy (non-hydrogen) atoms. The molecular weight excluding hydrogens is 443 g/mol. The van der Waals surface area contributed by atoms with Crippen LogP contribution in [-0.2, 0) is 10.0 Å². The van der Waals surface area contributed by atoms with Crippen molar-refractivity contribution < 1.29 is 31.5 Å². The molecule has 5 nitrogen and oxygen atoms in total. The fourth-order valence-electron chi connectivity index (χ4n) is 3.41. The quantitative estimate of drug-likeness (QED) is 0.419. The molecule has 0 unspecified atom stereocenters. The van der Waals surface area contributed by atoms with Gasteiger partial charge >= 0.3 is 5.97 Å². The van der Waals surface area contributed by atoms with Crippen molar-refractivity contribution in [2.24, 2.45) is 0 Å². The fourth-order valence-corrected chi connectivity index (χ4v) is 4.67. The van der Waals surface area contributed by atoms with E-state index in [9.17, 15) is 26.4 Å². The number of hydrogen-bond acceptors (Lipinski definition) is 3. The summed E-state index contributed by atoms with van der Waals surface area (Å²) in [5.74, 6) is -4.08. The van der Waals surface area contributed by atoms with Gasteiger partial charge in [-0.3, -0.25) is 4.72 Å². The first-order chi connectivity index (χ1) is 15.2. The molecule has 0 aliphatic carbocycles. The number of carboxylic acids is 1. The van der Waals surface area contributed by atoms with E-state index in [1.165, 1.54) is 24.3 Å². The van der Waals surface area contributed by atoms with E-state index in [0.29, 0.717) is 10.9 Å². The predicted octanol–water partition coefficient (Wildman–Crippen LogP) is 5.42. The van der Waals surface area contributed by atoms with E-state index < -0.39 is 39.0 Å². The van der Waals surface area contributed by atoms with E-state index in [1.807, 2.05) is 0 Å². The van der Waals surface area contributed by atoms with Crippen LogP contribution in [0.15, 0.2) is 77.7 Å². The molecule has 9 heteroatoms. The van der Waals surface area contributed by atoms with Crippen molar-refractivity contribution >= 4 is 32.5 Å². The smallest absolute Gasteiger partial charge is 0.338 e. The summed E-state index contributed by atoms with van der Waals surface area (Å²) in [5.41, 5.74) is -0.352. The second-order valence-corrected chi connectivity index (χ2v) is 8.54. The zero-order valence-electron chi connectivity index (χ0n) is 16.1. The maximum absolute atomic E-state index is 14.4. The van der Waals surface area contributed by atoms with E-state index in [4.69, 9.17) is 5.11 Å². The number of aromatic carboxylic acids is 1. The van der Waals surface area contributed by atoms with Crippen LogP contribution in [0.3, 0.4) is 0 Å². The summed E-state index contributed by atoms with van der Waals surface area (Å²) in [6.45, 7) is 0. The summed E-state index contributed by atoms with van der Waals surface area (Å²) < 4.78 is 69.7. The SMILES string of the molecule is O=C(O)c1cc(NS(=O)(=O)c2ccc(-c3ccc(F)cc3F)c3ccccc23)ccc1F. The van der Waals surface area contributed by atoms with Crippen molar-refractivity contribution in [3.63, 3.8) is 0 Å². The van der Waals surface area contributed by atoms with E-state index in [2.05, 4.69) is 4.72 Å². The third-order valence-electron chi connectivity index (χ3n) is 4.84. The number of hydrogen-bond donors (Lipinski definition) is 2. The number of sulfonamides is 1. The summed E-state index contributed by atoms with van der Waals surface area (Å²) in [5, 5.41) is 9.73. The zero-order valence-corrected chi connectivity index (χ0v) is 17.0. The summed E-state index contributed by atoms with van der Waals surface area (Å²) in [7, 11) is -4.23. The van der Waals surface area contributed by atoms with Crippen LogP contribution in [0.1, 0.15) is 10.4 Å². The number of anilines is 1. The van der Waals surface area contributed by atoms with Gasteiger partial charge in [-0.25, -0.2) is 26.4 Å². The molecule has 4 aromatic carbocycles. The van der Waals surface area contributed by atoms with Crippen LogP contribution < -0.4 is 4.72 Å². The summed E-state index contributed by atoms with van der Waals surface area (Å²) in [4.78, 5) is 11.0. The van der Waals surface area contributed by atoms with Crippen LogP contribution in [-0.4, -0.2) is 19.5 Å². The Balaban J connectivity index is 1.83. The summed E-state index contributed by atoms with van der Waals surface area (Å²) >= 11 is 0. The van der Waals surface area contributed by atoms with E-state index in [1.54, 1.807) is 18.2 Å². The summed E-state index contributed by atoms with van der Waals surface area (Å²) in [6, 6.07) is 15.0. The third-order valence-corrected chi connectivity index (χ3v) is 6.28. The number of carboxylic acid groups (broad SMARTS) is 1. The lowest BCUT2D eigenvalue weighted by atomic mass is 9.98. The monoisotopic (exact) mass is 457 g/mol. The van der Waals surface area contributed by atoms with Crippen molar-refractivity contribution in [1.29, 1.82) is 0 Å². The fraction of sp³-hybridized carbons (Fsp3) is 0. The second-order valence-electron chi connectivity index (χ2n) is 6.89. The topological polar surface area (TPSA) is 83.5 Å². The molecule has 4 aromatic rings. The van der Waals surface area contributed by atoms with Crippen LogP contribution in [0.5, 0.6) is 0 Å². The van der Waals surface area contributed by atoms with Gasteiger partial charge in [0, 0.05) is 22.7 Å². The summed E-state index contributed by atoms with van der Waals surface area (Å²) in [6.07, 6.45) is 0. The number of halogens is 3. The highest BCUT2D eigenvalue weighted by Gasteiger charge is 2.21. The average molecular weight is 457 g/mol. The molecule has 0 amide bonds. The van der Waals surface area contributed by atoms with Crippen LogP contribution in [0, 0.1) is 17.5 Å². The number of fused-ring (bicyclic) bond motifs is 1. The molecule has 0 bridgehead atoms. The van der Waals surface area contributed by atoms with Gasteiger partial charge in [-0.1, -0.05) is 30.3 Å². The van der Waals surface area contributed by atoms with Gasteiger partial charge in [0.15, 0.2) is 0 Å². The number of carbonyl (C=O) groups is 1. The Hall–Kier alpha value is -3.85. The largest absolute Gasteiger partial charge is 0.478 e. The van der Waals surface area contributed by atoms with Gasteiger partial charge in [0.1, 0.15) is 17.5 Å². The minimum absolute atomic E-state index is 0.101. The average Bonchev–Trinajstić information content (AvgIpc) is 2.74.